The molecule has 2 heterocycles. The molecule has 140 valence electrons. The number of rotatable bonds is 7. The number of nitrogens with zero attached hydrogens (tertiary/aromatic N) is 4. The summed E-state index contributed by atoms with van der Waals surface area (Å²) in [5, 5.41) is 33.0. The summed E-state index contributed by atoms with van der Waals surface area (Å²) in [6, 6.07) is 4.27. The van der Waals surface area contributed by atoms with E-state index in [2.05, 4.69) is 20.4 Å². The number of aliphatic hydroxyl groups is 1. The summed E-state index contributed by atoms with van der Waals surface area (Å²) in [5.41, 5.74) is 1.94. The molecule has 27 heavy (non-hydrogen) atoms. The van der Waals surface area contributed by atoms with Crippen LogP contribution in [0.2, 0.25) is 5.02 Å². The molecule has 4 N–H and O–H groups in total. The number of aromatic nitrogens is 4. The maximum Gasteiger partial charge on any atom is 0.223 e. The number of aromatic hydroxyl groups is 1. The second kappa shape index (κ2) is 8.11. The minimum Gasteiger partial charge on any atom is -0.505 e. The smallest absolute Gasteiger partial charge is 0.223 e. The van der Waals surface area contributed by atoms with Gasteiger partial charge in [-0.25, -0.2) is 14.4 Å². The van der Waals surface area contributed by atoms with E-state index in [1.165, 1.54) is 23.0 Å². The fourth-order valence-corrected chi connectivity index (χ4v) is 2.70. The third-order valence-electron chi connectivity index (χ3n) is 3.65. The second-order valence-corrected chi connectivity index (χ2v) is 5.93. The first-order valence-corrected chi connectivity index (χ1v) is 8.34. The van der Waals surface area contributed by atoms with Crippen molar-refractivity contribution in [2.75, 3.05) is 18.5 Å². The number of nitrogens with one attached hydrogen (secondary N) is 2. The van der Waals surface area contributed by atoms with E-state index < -0.39 is 11.6 Å². The highest BCUT2D eigenvalue weighted by atomic mass is 35.5. The lowest BCUT2D eigenvalue weighted by molar-refractivity contribution is 0.311. The van der Waals surface area contributed by atoms with Gasteiger partial charge in [0.2, 0.25) is 5.95 Å². The van der Waals surface area contributed by atoms with Gasteiger partial charge in [0.15, 0.2) is 11.6 Å². The molecule has 0 radical (unpaired) electrons. The quantitative estimate of drug-likeness (QED) is 0.460. The molecule has 0 amide bonds. The fourth-order valence-electron chi connectivity index (χ4n) is 2.48. The molecule has 0 aliphatic carbocycles. The number of phenols is 1. The van der Waals surface area contributed by atoms with Crippen molar-refractivity contribution in [2.24, 2.45) is 0 Å². The summed E-state index contributed by atoms with van der Waals surface area (Å²) in [5.74, 6) is -1.16. The fraction of sp³-hybridized carbons (Fsp3) is 0.176. The monoisotopic (exact) mass is 390 g/mol. The minimum absolute atomic E-state index is 0.0660. The third kappa shape index (κ3) is 4.04. The Kier molecular flexibility index (Phi) is 5.63. The lowest BCUT2D eigenvalue weighted by atomic mass is 10.1. The molecular weight excluding hydrogens is 375 g/mol. The van der Waals surface area contributed by atoms with Crippen molar-refractivity contribution in [3.05, 3.63) is 41.4 Å². The summed E-state index contributed by atoms with van der Waals surface area (Å²) in [6.45, 7) is 0.461. The Balaban J connectivity index is 2.12. The first-order chi connectivity index (χ1) is 13.0. The van der Waals surface area contributed by atoms with Crippen molar-refractivity contribution in [2.45, 2.75) is 6.54 Å². The first kappa shape index (κ1) is 18.7. The maximum absolute atomic E-state index is 13.7. The standard InChI is InChI=1S/C17H16ClFN6O2/c18-12-7-10(8-14(27)15(12)19)16-11(9-25(24-16)5-2-20)13-1-3-21-17(23-13)22-4-6-26/h1-3,7-9,20,26-27H,4-6H2,(H,21,22,23). The summed E-state index contributed by atoms with van der Waals surface area (Å²) in [4.78, 5) is 8.47. The van der Waals surface area contributed by atoms with E-state index in [4.69, 9.17) is 22.1 Å². The summed E-state index contributed by atoms with van der Waals surface area (Å²) in [6.07, 6.45) is 4.42. The highest BCUT2D eigenvalue weighted by Crippen LogP contribution is 2.35. The molecular formula is C17H16ClFN6O2. The zero-order valence-electron chi connectivity index (χ0n) is 14.0. The van der Waals surface area contributed by atoms with Crippen LogP contribution in [-0.2, 0) is 6.54 Å². The molecule has 0 aliphatic rings. The molecule has 8 nitrogen and oxygen atoms in total. The van der Waals surface area contributed by atoms with Gasteiger partial charge in [0.25, 0.3) is 0 Å². The average molecular weight is 391 g/mol. The van der Waals surface area contributed by atoms with Crippen LogP contribution in [0.25, 0.3) is 22.5 Å². The minimum atomic E-state index is -0.904. The van der Waals surface area contributed by atoms with Crippen LogP contribution in [0.15, 0.2) is 30.6 Å². The van der Waals surface area contributed by atoms with Gasteiger partial charge in [-0.05, 0) is 18.2 Å². The van der Waals surface area contributed by atoms with E-state index >= 15 is 0 Å². The van der Waals surface area contributed by atoms with Gasteiger partial charge >= 0.3 is 0 Å². The Morgan fingerprint density at radius 3 is 2.89 bits per heavy atom. The number of hydrogen-bond donors (Lipinski definition) is 4. The predicted octanol–water partition coefficient (Wildman–Crippen LogP) is 2.56. The number of benzene rings is 1. The Hall–Kier alpha value is -3.04. The van der Waals surface area contributed by atoms with Crippen LogP contribution in [0, 0.1) is 11.2 Å². The Bertz CT molecular complexity index is 955. The van der Waals surface area contributed by atoms with Crippen LogP contribution >= 0.6 is 11.6 Å². The van der Waals surface area contributed by atoms with Gasteiger partial charge < -0.3 is 20.9 Å². The van der Waals surface area contributed by atoms with Crippen LogP contribution in [0.3, 0.4) is 0 Å². The highest BCUT2D eigenvalue weighted by molar-refractivity contribution is 6.31. The van der Waals surface area contributed by atoms with E-state index in [-0.39, 0.29) is 18.2 Å². The molecule has 0 saturated heterocycles. The van der Waals surface area contributed by atoms with Crippen molar-refractivity contribution in [1.29, 1.82) is 5.41 Å². The molecule has 3 aromatic rings. The van der Waals surface area contributed by atoms with Gasteiger partial charge in [0.1, 0.15) is 5.69 Å². The molecule has 0 saturated carbocycles. The van der Waals surface area contributed by atoms with Crippen molar-refractivity contribution in [3.63, 3.8) is 0 Å². The van der Waals surface area contributed by atoms with Crippen molar-refractivity contribution in [1.82, 2.24) is 19.7 Å². The van der Waals surface area contributed by atoms with Crippen LogP contribution in [0.1, 0.15) is 0 Å². The molecule has 0 aliphatic heterocycles. The number of aliphatic hydroxyl groups excluding tert-OH is 1. The van der Waals surface area contributed by atoms with Gasteiger partial charge in [0, 0.05) is 36.3 Å². The molecule has 2 aromatic heterocycles. The number of anilines is 1. The lowest BCUT2D eigenvalue weighted by Crippen LogP contribution is -2.08. The lowest BCUT2D eigenvalue weighted by Gasteiger charge is -2.07. The molecule has 0 unspecified atom stereocenters. The number of phenolic OH excluding ortho intramolecular Hbond substituents is 1. The van der Waals surface area contributed by atoms with Gasteiger partial charge in [-0.2, -0.15) is 5.10 Å². The third-order valence-corrected chi connectivity index (χ3v) is 3.92. The topological polar surface area (TPSA) is 120 Å². The molecule has 10 heteroatoms. The summed E-state index contributed by atoms with van der Waals surface area (Å²) in [7, 11) is 0. The SMILES string of the molecule is N=CCn1cc(-c2ccnc(NCCO)n2)c(-c2cc(O)c(F)c(Cl)c2)n1. The second-order valence-electron chi connectivity index (χ2n) is 5.52. The summed E-state index contributed by atoms with van der Waals surface area (Å²) >= 11 is 5.85. The molecule has 0 bridgehead atoms. The average Bonchev–Trinajstić information content (AvgIpc) is 3.08. The van der Waals surface area contributed by atoms with Gasteiger partial charge in [-0.3, -0.25) is 4.68 Å². The normalized spacial score (nSPS) is 10.8. The highest BCUT2D eigenvalue weighted by Gasteiger charge is 2.18. The van der Waals surface area contributed by atoms with E-state index in [0.717, 1.165) is 0 Å². The van der Waals surface area contributed by atoms with Crippen LogP contribution in [0.5, 0.6) is 5.75 Å². The van der Waals surface area contributed by atoms with Crippen molar-refractivity contribution >= 4 is 23.8 Å². The van der Waals surface area contributed by atoms with Crippen molar-refractivity contribution < 1.29 is 14.6 Å². The first-order valence-electron chi connectivity index (χ1n) is 7.96. The van der Waals surface area contributed by atoms with Gasteiger partial charge in [-0.1, -0.05) is 11.6 Å². The van der Waals surface area contributed by atoms with E-state index in [1.54, 1.807) is 18.5 Å². The summed E-state index contributed by atoms with van der Waals surface area (Å²) < 4.78 is 15.2. The molecule has 0 atom stereocenters. The van der Waals surface area contributed by atoms with E-state index in [1.807, 2.05) is 0 Å². The molecule has 1 aromatic carbocycles. The largest absolute Gasteiger partial charge is 0.505 e. The zero-order chi connectivity index (χ0) is 19.4. The number of halogens is 2. The maximum atomic E-state index is 13.7. The molecule has 0 fully saturated rings. The van der Waals surface area contributed by atoms with Crippen LogP contribution in [-0.4, -0.2) is 49.3 Å². The predicted molar refractivity (Wildman–Crippen MR) is 99.7 cm³/mol. The Labute approximate surface area is 158 Å². The van der Waals surface area contributed by atoms with Crippen LogP contribution in [0.4, 0.5) is 10.3 Å². The van der Waals surface area contributed by atoms with Crippen molar-refractivity contribution in [3.8, 4) is 28.3 Å². The Morgan fingerprint density at radius 1 is 1.37 bits per heavy atom. The molecule has 3 rings (SSSR count). The van der Waals surface area contributed by atoms with Crippen LogP contribution < -0.4 is 5.32 Å². The van der Waals surface area contributed by atoms with E-state index in [9.17, 15) is 9.50 Å². The van der Waals surface area contributed by atoms with Gasteiger partial charge in [0.05, 0.1) is 23.9 Å². The van der Waals surface area contributed by atoms with E-state index in [0.29, 0.717) is 35.0 Å². The zero-order valence-corrected chi connectivity index (χ0v) is 14.8. The number of hydrogen-bond acceptors (Lipinski definition) is 7. The van der Waals surface area contributed by atoms with Gasteiger partial charge in [-0.15, -0.1) is 0 Å². The Morgan fingerprint density at radius 2 is 2.19 bits per heavy atom. The molecule has 0 spiro atoms.